The topological polar surface area (TPSA) is 66.6 Å². The number of nitrogens with zero attached hydrogens (tertiary/aromatic N) is 6. The van der Waals surface area contributed by atoms with Gasteiger partial charge in [-0.3, -0.25) is 4.79 Å². The van der Waals surface area contributed by atoms with Gasteiger partial charge in [0.1, 0.15) is 5.82 Å². The van der Waals surface area contributed by atoms with Crippen molar-refractivity contribution in [2.75, 3.05) is 24.5 Å². The largest absolute Gasteiger partial charge is 0.338 e. The first-order chi connectivity index (χ1) is 12.9. The van der Waals surface area contributed by atoms with Crippen LogP contribution in [0.25, 0.3) is 16.6 Å². The van der Waals surface area contributed by atoms with Gasteiger partial charge in [0.25, 0.3) is 0 Å². The van der Waals surface area contributed by atoms with Crippen LogP contribution in [-0.2, 0) is 4.79 Å². The molecule has 0 spiro atoms. The van der Waals surface area contributed by atoms with Crippen molar-refractivity contribution in [1.29, 1.82) is 0 Å². The maximum absolute atomic E-state index is 12.4. The van der Waals surface area contributed by atoms with Gasteiger partial charge in [-0.05, 0) is 32.0 Å². The number of anilines is 1. The van der Waals surface area contributed by atoms with Crippen LogP contribution in [0.2, 0.25) is 5.02 Å². The normalized spacial score (nSPS) is 18.1. The zero-order chi connectivity index (χ0) is 19.3. The minimum Gasteiger partial charge on any atom is -0.338 e. The first-order valence-electron chi connectivity index (χ1n) is 9.23. The molecular formula is C19H23ClN6O. The Bertz CT molecular complexity index is 1030. The molecule has 0 bridgehead atoms. The third kappa shape index (κ3) is 3.00. The van der Waals surface area contributed by atoms with Crippen molar-refractivity contribution in [3.05, 3.63) is 29.0 Å². The summed E-state index contributed by atoms with van der Waals surface area (Å²) >= 11 is 6.18. The molecule has 0 unspecified atom stereocenters. The molecule has 4 rings (SSSR count). The Balaban J connectivity index is 1.77. The molecule has 0 saturated carbocycles. The highest BCUT2D eigenvalue weighted by molar-refractivity contribution is 6.31. The summed E-state index contributed by atoms with van der Waals surface area (Å²) in [6.07, 6.45) is 0. The number of carbonyl (C=O) groups is 1. The fourth-order valence-corrected chi connectivity index (χ4v) is 3.90. The molecule has 1 aliphatic rings. The molecule has 8 heteroatoms. The lowest BCUT2D eigenvalue weighted by atomic mass is 10.1. The average Bonchev–Trinajstić information content (AvgIpc) is 3.02. The van der Waals surface area contributed by atoms with Crippen LogP contribution in [-0.4, -0.2) is 56.1 Å². The van der Waals surface area contributed by atoms with E-state index >= 15 is 0 Å². The van der Waals surface area contributed by atoms with Crippen LogP contribution in [0.15, 0.2) is 18.2 Å². The van der Waals surface area contributed by atoms with Gasteiger partial charge in [0, 0.05) is 42.0 Å². The molecule has 142 valence electrons. The van der Waals surface area contributed by atoms with E-state index in [4.69, 9.17) is 16.6 Å². The quantitative estimate of drug-likeness (QED) is 0.677. The van der Waals surface area contributed by atoms with Gasteiger partial charge in [0.15, 0.2) is 5.65 Å². The van der Waals surface area contributed by atoms with Crippen molar-refractivity contribution in [2.45, 2.75) is 33.7 Å². The van der Waals surface area contributed by atoms with Crippen molar-refractivity contribution < 1.29 is 4.79 Å². The molecule has 0 radical (unpaired) electrons. The molecule has 1 fully saturated rings. The number of benzene rings is 1. The summed E-state index contributed by atoms with van der Waals surface area (Å²) in [5, 5.41) is 10.2. The Kier molecular flexibility index (Phi) is 4.42. The Hall–Kier alpha value is -2.41. The minimum atomic E-state index is 0.00624. The highest BCUT2D eigenvalue weighted by atomic mass is 35.5. The summed E-state index contributed by atoms with van der Waals surface area (Å²) in [4.78, 5) is 21.5. The Morgan fingerprint density at radius 3 is 2.74 bits per heavy atom. The summed E-state index contributed by atoms with van der Waals surface area (Å²) in [6, 6.07) is 5.73. The van der Waals surface area contributed by atoms with Gasteiger partial charge < -0.3 is 9.80 Å². The molecule has 0 N–H and O–H groups in total. The summed E-state index contributed by atoms with van der Waals surface area (Å²) in [7, 11) is 0. The standard InChI is InChI=1S/C19H23ClN6O/c1-11(2)18(27)25-8-7-24(10-12(25)3)19-21-16-9-14(20)5-6-15(16)17-23-22-13(4)26(17)19/h5-6,9,11-12H,7-8,10H2,1-4H3/t12-/m0/s1. The van der Waals surface area contributed by atoms with Crippen molar-refractivity contribution >= 4 is 40.0 Å². The van der Waals surface area contributed by atoms with Crippen LogP contribution in [0.1, 0.15) is 26.6 Å². The number of rotatable bonds is 2. The van der Waals surface area contributed by atoms with E-state index in [1.54, 1.807) is 0 Å². The zero-order valence-corrected chi connectivity index (χ0v) is 16.7. The number of piperazine rings is 1. The molecule has 1 atom stereocenters. The van der Waals surface area contributed by atoms with Crippen LogP contribution >= 0.6 is 11.6 Å². The first kappa shape index (κ1) is 18.0. The van der Waals surface area contributed by atoms with Gasteiger partial charge in [0.2, 0.25) is 11.9 Å². The maximum Gasteiger partial charge on any atom is 0.225 e. The summed E-state index contributed by atoms with van der Waals surface area (Å²) in [5.74, 6) is 1.79. The summed E-state index contributed by atoms with van der Waals surface area (Å²) in [6.45, 7) is 10.0. The minimum absolute atomic E-state index is 0.00624. The Labute approximate surface area is 162 Å². The van der Waals surface area contributed by atoms with Crippen molar-refractivity contribution in [3.63, 3.8) is 0 Å². The lowest BCUT2D eigenvalue weighted by Crippen LogP contribution is -2.55. The highest BCUT2D eigenvalue weighted by Gasteiger charge is 2.30. The molecule has 3 heterocycles. The third-order valence-corrected chi connectivity index (χ3v) is 5.37. The number of hydrogen-bond donors (Lipinski definition) is 0. The molecule has 1 saturated heterocycles. The fourth-order valence-electron chi connectivity index (χ4n) is 3.73. The monoisotopic (exact) mass is 386 g/mol. The fraction of sp³-hybridized carbons (Fsp3) is 0.474. The van der Waals surface area contributed by atoms with E-state index in [0.29, 0.717) is 24.7 Å². The van der Waals surface area contributed by atoms with E-state index in [-0.39, 0.29) is 17.9 Å². The highest BCUT2D eigenvalue weighted by Crippen LogP contribution is 2.27. The van der Waals surface area contributed by atoms with Crippen molar-refractivity contribution in [1.82, 2.24) is 24.5 Å². The molecule has 27 heavy (non-hydrogen) atoms. The van der Waals surface area contributed by atoms with E-state index in [2.05, 4.69) is 22.0 Å². The van der Waals surface area contributed by atoms with Gasteiger partial charge in [-0.15, -0.1) is 10.2 Å². The van der Waals surface area contributed by atoms with Gasteiger partial charge in [0.05, 0.1) is 5.52 Å². The van der Waals surface area contributed by atoms with Gasteiger partial charge in [-0.25, -0.2) is 9.38 Å². The Morgan fingerprint density at radius 2 is 2.04 bits per heavy atom. The molecule has 0 aliphatic carbocycles. The van der Waals surface area contributed by atoms with E-state index in [9.17, 15) is 4.79 Å². The molecule has 2 aromatic heterocycles. The molecule has 1 aliphatic heterocycles. The van der Waals surface area contributed by atoms with Crippen molar-refractivity contribution in [3.8, 4) is 0 Å². The number of fused-ring (bicyclic) bond motifs is 3. The number of carbonyl (C=O) groups excluding carboxylic acids is 1. The predicted molar refractivity (Wildman–Crippen MR) is 106 cm³/mol. The SMILES string of the molecule is Cc1nnc2c3ccc(Cl)cc3nc(N3CCN(C(=O)C(C)C)[C@@H](C)C3)n12. The molecule has 3 aromatic rings. The first-order valence-corrected chi connectivity index (χ1v) is 9.61. The van der Waals surface area contributed by atoms with Crippen LogP contribution < -0.4 is 4.90 Å². The second-order valence-electron chi connectivity index (χ2n) is 7.46. The van der Waals surface area contributed by atoms with Gasteiger partial charge >= 0.3 is 0 Å². The molecule has 7 nitrogen and oxygen atoms in total. The third-order valence-electron chi connectivity index (χ3n) is 5.13. The molecule has 1 aromatic carbocycles. The van der Waals surface area contributed by atoms with Gasteiger partial charge in [-0.1, -0.05) is 25.4 Å². The van der Waals surface area contributed by atoms with E-state index in [1.807, 2.05) is 48.3 Å². The summed E-state index contributed by atoms with van der Waals surface area (Å²) < 4.78 is 1.99. The number of halogens is 1. The van der Waals surface area contributed by atoms with E-state index in [0.717, 1.165) is 28.3 Å². The number of aromatic nitrogens is 4. The van der Waals surface area contributed by atoms with Crippen LogP contribution in [0.3, 0.4) is 0 Å². The van der Waals surface area contributed by atoms with Gasteiger partial charge in [-0.2, -0.15) is 0 Å². The second-order valence-corrected chi connectivity index (χ2v) is 7.90. The zero-order valence-electron chi connectivity index (χ0n) is 16.0. The second kappa shape index (κ2) is 6.64. The number of aryl methyl sites for hydroxylation is 1. The van der Waals surface area contributed by atoms with Crippen LogP contribution in [0, 0.1) is 12.8 Å². The molecular weight excluding hydrogens is 364 g/mol. The van der Waals surface area contributed by atoms with E-state index < -0.39 is 0 Å². The van der Waals surface area contributed by atoms with Crippen LogP contribution in [0.5, 0.6) is 0 Å². The maximum atomic E-state index is 12.4. The predicted octanol–water partition coefficient (Wildman–Crippen LogP) is 2.93. The van der Waals surface area contributed by atoms with E-state index in [1.165, 1.54) is 0 Å². The van der Waals surface area contributed by atoms with Crippen LogP contribution in [0.4, 0.5) is 5.95 Å². The molecule has 1 amide bonds. The van der Waals surface area contributed by atoms with Crippen molar-refractivity contribution in [2.24, 2.45) is 5.92 Å². The lowest BCUT2D eigenvalue weighted by Gasteiger charge is -2.41. The number of amides is 1. The average molecular weight is 387 g/mol. The summed E-state index contributed by atoms with van der Waals surface area (Å²) in [5.41, 5.74) is 1.57. The Morgan fingerprint density at radius 1 is 1.26 bits per heavy atom. The lowest BCUT2D eigenvalue weighted by molar-refractivity contribution is -0.136. The number of hydrogen-bond acceptors (Lipinski definition) is 5. The smallest absolute Gasteiger partial charge is 0.225 e.